The van der Waals surface area contributed by atoms with Crippen molar-refractivity contribution in [3.05, 3.63) is 87.5 Å². The quantitative estimate of drug-likeness (QED) is 0.0741. The number of quaternary nitrogens is 1. The predicted molar refractivity (Wildman–Crippen MR) is 169 cm³/mol. The van der Waals surface area contributed by atoms with E-state index in [0.717, 1.165) is 21.0 Å². The van der Waals surface area contributed by atoms with E-state index in [1.807, 2.05) is 0 Å². The number of ether oxygens (including phenoxy) is 2. The highest BCUT2D eigenvalue weighted by Gasteiger charge is 2.55. The van der Waals surface area contributed by atoms with Crippen LogP contribution in [0.4, 0.5) is 79.0 Å². The fourth-order valence-electron chi connectivity index (χ4n) is 5.62. The maximum Gasteiger partial charge on any atom is 0.864 e. The molecule has 0 aliphatic rings. The second kappa shape index (κ2) is 16.7. The van der Waals surface area contributed by atoms with Gasteiger partial charge in [0.2, 0.25) is 5.72 Å². The van der Waals surface area contributed by atoms with Gasteiger partial charge in [-0.2, -0.15) is 79.0 Å². The summed E-state index contributed by atoms with van der Waals surface area (Å²) in [6.07, 6.45) is -35.4. The van der Waals surface area contributed by atoms with Crippen molar-refractivity contribution in [2.75, 3.05) is 27.2 Å². The minimum Gasteiger partial charge on any atom is -0.490 e. The third-order valence-corrected chi connectivity index (χ3v) is 9.16. The van der Waals surface area contributed by atoms with Crippen LogP contribution in [0.2, 0.25) is 0 Å². The van der Waals surface area contributed by atoms with Crippen LogP contribution in [0.1, 0.15) is 66.6 Å². The van der Waals surface area contributed by atoms with E-state index < -0.39 is 135 Å². The Kier molecular flexibility index (Phi) is 13.9. The summed E-state index contributed by atoms with van der Waals surface area (Å²) in [6.45, 7) is 4.44. The average molecular weight is 886 g/mol. The molecule has 0 saturated carbocycles. The summed E-state index contributed by atoms with van der Waals surface area (Å²) >= 11 is 0. The van der Waals surface area contributed by atoms with Crippen molar-refractivity contribution < 1.29 is 107 Å². The van der Waals surface area contributed by atoms with Gasteiger partial charge in [-0.1, -0.05) is 0 Å². The topological polar surface area (TPSA) is 46.2 Å². The van der Waals surface area contributed by atoms with E-state index in [9.17, 15) is 79.0 Å². The average Bonchev–Trinajstić information content (AvgIpc) is 3.08. The van der Waals surface area contributed by atoms with Gasteiger partial charge >= 0.3 is 44.4 Å². The van der Waals surface area contributed by atoms with Gasteiger partial charge in [-0.25, -0.2) is 0 Å². The van der Waals surface area contributed by atoms with Crippen LogP contribution in [0.5, 0.6) is 17.2 Å². The summed E-state index contributed by atoms with van der Waals surface area (Å²) in [5, 5.41) is 0. The minimum atomic E-state index is -5.79. The van der Waals surface area contributed by atoms with Crippen molar-refractivity contribution in [2.45, 2.75) is 76.8 Å². The molecule has 330 valence electrons. The summed E-state index contributed by atoms with van der Waals surface area (Å²) in [6, 6.07) is -2.24. The Bertz CT molecular complexity index is 1790. The van der Waals surface area contributed by atoms with Crippen LogP contribution < -0.4 is 14.0 Å². The van der Waals surface area contributed by atoms with Crippen LogP contribution in [-0.4, -0.2) is 45.3 Å². The molecule has 0 spiro atoms. The first kappa shape index (κ1) is 49.1. The van der Waals surface area contributed by atoms with Gasteiger partial charge in [0.25, 0.3) is 0 Å². The Morgan fingerprint density at radius 2 is 0.864 bits per heavy atom. The molecule has 0 amide bonds. The maximum atomic E-state index is 15.0. The summed E-state index contributed by atoms with van der Waals surface area (Å²) in [7, 11) is -1.12. The van der Waals surface area contributed by atoms with Gasteiger partial charge in [0, 0.05) is 14.0 Å². The monoisotopic (exact) mass is 886 g/mol. The Morgan fingerprint density at radius 1 is 0.525 bits per heavy atom. The van der Waals surface area contributed by atoms with Gasteiger partial charge in [-0.3, -0.25) is 9.22 Å². The largest absolute Gasteiger partial charge is 0.864 e. The molecule has 0 fully saturated rings. The van der Waals surface area contributed by atoms with Crippen molar-refractivity contribution in [1.29, 1.82) is 0 Å². The summed E-state index contributed by atoms with van der Waals surface area (Å²) < 4.78 is 278. The Labute approximate surface area is 323 Å². The molecule has 0 heterocycles. The van der Waals surface area contributed by atoms with Crippen LogP contribution in [0.25, 0.3) is 0 Å². The molecule has 6 nitrogen and oxygen atoms in total. The zero-order valence-corrected chi connectivity index (χ0v) is 31.0. The van der Waals surface area contributed by atoms with Crippen molar-refractivity contribution in [2.24, 2.45) is 0 Å². The van der Waals surface area contributed by atoms with E-state index in [4.69, 9.17) is 23.4 Å². The third kappa shape index (κ3) is 11.5. The molecule has 2 atom stereocenters. The molecule has 2 unspecified atom stereocenters. The van der Waals surface area contributed by atoms with Crippen molar-refractivity contribution in [3.8, 4) is 17.2 Å². The summed E-state index contributed by atoms with van der Waals surface area (Å²) in [5.41, 5.74) is -16.8. The second-order valence-electron chi connectivity index (χ2n) is 13.0. The van der Waals surface area contributed by atoms with Gasteiger partial charge in [0.05, 0.1) is 59.1 Å². The number of methoxy groups -OCH3 is 1. The van der Waals surface area contributed by atoms with Crippen molar-refractivity contribution in [1.82, 2.24) is 0 Å². The number of hydrogen-bond acceptors (Lipinski definition) is 5. The lowest BCUT2D eigenvalue weighted by atomic mass is 9.90. The van der Waals surface area contributed by atoms with Crippen molar-refractivity contribution in [3.63, 3.8) is 0 Å². The lowest BCUT2D eigenvalue weighted by Gasteiger charge is -2.49. The lowest BCUT2D eigenvalue weighted by Crippen LogP contribution is -2.61. The summed E-state index contributed by atoms with van der Waals surface area (Å²) in [5.74, 6) is -4.95. The van der Waals surface area contributed by atoms with E-state index in [-0.39, 0.29) is 43.4 Å². The predicted octanol–water partition coefficient (Wildman–Crippen LogP) is 12.0. The summed E-state index contributed by atoms with van der Waals surface area (Å²) in [4.78, 5) is 0. The molecule has 0 aromatic heterocycles. The molecular weight excluding hydrogens is 855 g/mol. The van der Waals surface area contributed by atoms with Gasteiger partial charge in [0.15, 0.2) is 6.29 Å². The molecule has 3 aromatic rings. The molecule has 0 bridgehead atoms. The highest BCUT2D eigenvalue weighted by Crippen LogP contribution is 2.50. The number of halogens is 18. The third-order valence-electron chi connectivity index (χ3n) is 9.16. The first-order chi connectivity index (χ1) is 26.5. The zero-order valence-electron chi connectivity index (χ0n) is 31.0. The fraction of sp³-hybridized carbons (Fsp3) is 0.471. The molecule has 59 heavy (non-hydrogen) atoms. The van der Waals surface area contributed by atoms with Gasteiger partial charge in [-0.05, 0) is 69.3 Å². The minimum absolute atomic E-state index is 0.153. The van der Waals surface area contributed by atoms with Crippen LogP contribution in [0.3, 0.4) is 0 Å². The van der Waals surface area contributed by atoms with E-state index in [2.05, 4.69) is 0 Å². The number of rotatable bonds is 13. The molecule has 0 aliphatic carbocycles. The van der Waals surface area contributed by atoms with Crippen LogP contribution in [0.15, 0.2) is 48.5 Å². The van der Waals surface area contributed by atoms with E-state index in [0.29, 0.717) is 0 Å². The molecule has 0 radical (unpaired) electrons. The Balaban J connectivity index is 2.58. The van der Waals surface area contributed by atoms with Crippen LogP contribution >= 0.6 is 0 Å². The zero-order chi connectivity index (χ0) is 45.5. The molecule has 3 rings (SSSR count). The number of hydrogen-bond donors (Lipinski definition) is 0. The molecule has 3 aromatic carbocycles. The Hall–Kier alpha value is -4.26. The number of nitrogens with zero attached hydrogens (tertiary/aromatic N) is 1. The first-order valence-electron chi connectivity index (χ1n) is 16.5. The molecule has 0 aliphatic heterocycles. The number of alkyl halides is 18. The first-order valence-corrected chi connectivity index (χ1v) is 16.5. The standard InChI is InChI=1S/C34H31BF18NO5/c1-7-54(5,8-2)28(4,56-17(3)55-6)27-25(34(51,52)53)15-22(33(48,49)50)16-26(27)59-35(57-23-11-18(29(36,37)38)9-19(12-23)30(39,40)41)58-24-13-20(31(42,43)44)10-21(14-24)32(45,46)47/h9-17H,7-8H2,1-6H3/q+1. The van der Waals surface area contributed by atoms with Crippen molar-refractivity contribution >= 4 is 7.32 Å². The maximum absolute atomic E-state index is 15.0. The molecular formula is C34H31BF18NO5+. The molecule has 0 saturated heterocycles. The molecule has 0 N–H and O–H groups in total. The lowest BCUT2D eigenvalue weighted by molar-refractivity contribution is -0.990. The van der Waals surface area contributed by atoms with E-state index in [1.165, 1.54) is 20.9 Å². The highest BCUT2D eigenvalue weighted by atomic mass is 19.4. The van der Waals surface area contributed by atoms with E-state index >= 15 is 0 Å². The van der Waals surface area contributed by atoms with Crippen LogP contribution in [-0.2, 0) is 52.3 Å². The second-order valence-corrected chi connectivity index (χ2v) is 13.0. The van der Waals surface area contributed by atoms with Gasteiger partial charge in [0.1, 0.15) is 17.2 Å². The highest BCUT2D eigenvalue weighted by molar-refractivity contribution is 6.39. The van der Waals surface area contributed by atoms with E-state index in [1.54, 1.807) is 0 Å². The fourth-order valence-corrected chi connectivity index (χ4v) is 5.62. The molecule has 25 heteroatoms. The Morgan fingerprint density at radius 3 is 1.15 bits per heavy atom. The SMILES string of the molecule is CC[N+](C)(CC)C(C)(OC(C)OC)c1c(OB(Oc2cc(C(F)(F)F)cc(C(F)(F)F)c2)Oc2cc(C(F)(F)F)cc(C(F)(F)F)c2)cc(C(F)(F)F)cc1C(F)(F)F. The number of benzene rings is 3. The van der Waals surface area contributed by atoms with Crippen LogP contribution in [0, 0.1) is 0 Å². The smallest absolute Gasteiger partial charge is 0.490 e. The van der Waals surface area contributed by atoms with Gasteiger partial charge in [-0.15, -0.1) is 0 Å². The van der Waals surface area contributed by atoms with Gasteiger partial charge < -0.3 is 18.7 Å². The normalized spacial score (nSPS) is 15.1.